The van der Waals surface area contributed by atoms with Crippen molar-refractivity contribution in [1.29, 1.82) is 0 Å². The third-order valence-electron chi connectivity index (χ3n) is 1.36. The molecule has 60 valence electrons. The minimum absolute atomic E-state index is 0.565. The van der Waals surface area contributed by atoms with E-state index in [0.29, 0.717) is 5.15 Å². The van der Waals surface area contributed by atoms with Crippen LogP contribution in [0.5, 0.6) is 0 Å². The van der Waals surface area contributed by atoms with Crippen molar-refractivity contribution in [2.24, 2.45) is 0 Å². The van der Waals surface area contributed by atoms with Crippen LogP contribution in [0.2, 0.25) is 5.15 Å². The first kappa shape index (κ1) is 8.50. The van der Waals surface area contributed by atoms with Gasteiger partial charge in [-0.2, -0.15) is 0 Å². The lowest BCUT2D eigenvalue weighted by molar-refractivity contribution is 0.814. The molecule has 0 atom stereocenters. The zero-order valence-corrected chi connectivity index (χ0v) is 7.44. The van der Waals surface area contributed by atoms with E-state index in [0.717, 1.165) is 12.2 Å². The summed E-state index contributed by atoms with van der Waals surface area (Å²) in [5, 5.41) is 3.62. The predicted octanol–water partition coefficient (Wildman–Crippen LogP) is 1.76. The fourth-order valence-corrected chi connectivity index (χ4v) is 1.28. The highest BCUT2D eigenvalue weighted by atomic mass is 35.5. The largest absolute Gasteiger partial charge is 0.316 e. The molecule has 0 saturated carbocycles. The highest BCUT2D eigenvalue weighted by Crippen LogP contribution is 2.09. The molecular weight excluding hydrogens is 160 g/mol. The second-order valence-corrected chi connectivity index (χ2v) is 2.86. The number of pyridine rings is 1. The summed E-state index contributed by atoms with van der Waals surface area (Å²) < 4.78 is 0. The number of hydrogen-bond donors (Lipinski definition) is 1. The number of aromatic nitrogens is 1. The van der Waals surface area contributed by atoms with Gasteiger partial charge >= 0.3 is 0 Å². The quantitative estimate of drug-likeness (QED) is 0.685. The van der Waals surface area contributed by atoms with Crippen LogP contribution in [-0.4, -0.2) is 12.0 Å². The number of halogens is 1. The first-order valence-corrected chi connectivity index (χ1v) is 3.88. The lowest BCUT2D eigenvalue weighted by atomic mass is 10.2. The topological polar surface area (TPSA) is 24.9 Å². The van der Waals surface area contributed by atoms with Crippen molar-refractivity contribution >= 4 is 11.6 Å². The van der Waals surface area contributed by atoms with E-state index in [4.69, 9.17) is 11.6 Å². The molecule has 0 fully saturated rings. The van der Waals surface area contributed by atoms with Gasteiger partial charge in [-0.25, -0.2) is 4.98 Å². The summed E-state index contributed by atoms with van der Waals surface area (Å²) in [5.74, 6) is 0. The van der Waals surface area contributed by atoms with E-state index in [2.05, 4.69) is 10.3 Å². The normalized spacial score (nSPS) is 10.1. The van der Waals surface area contributed by atoms with E-state index in [1.807, 2.05) is 26.1 Å². The summed E-state index contributed by atoms with van der Waals surface area (Å²) in [5.41, 5.74) is 2.13. The summed E-state index contributed by atoms with van der Waals surface area (Å²) in [7, 11) is 1.91. The van der Waals surface area contributed by atoms with Gasteiger partial charge < -0.3 is 5.32 Å². The molecule has 1 rings (SSSR count). The maximum atomic E-state index is 5.75. The van der Waals surface area contributed by atoms with Gasteiger partial charge in [0.1, 0.15) is 5.15 Å². The Morgan fingerprint density at radius 2 is 2.27 bits per heavy atom. The Hall–Kier alpha value is -0.600. The Bertz CT molecular complexity index is 228. The van der Waals surface area contributed by atoms with Crippen molar-refractivity contribution in [2.45, 2.75) is 13.5 Å². The van der Waals surface area contributed by atoms with Crippen LogP contribution >= 0.6 is 11.6 Å². The summed E-state index contributed by atoms with van der Waals surface area (Å²) in [6.45, 7) is 2.77. The minimum atomic E-state index is 0.565. The van der Waals surface area contributed by atoms with E-state index in [-0.39, 0.29) is 0 Å². The van der Waals surface area contributed by atoms with Gasteiger partial charge in [-0.05, 0) is 31.7 Å². The van der Waals surface area contributed by atoms with E-state index < -0.39 is 0 Å². The van der Waals surface area contributed by atoms with Gasteiger partial charge in [0.2, 0.25) is 0 Å². The number of hydrogen-bond acceptors (Lipinski definition) is 2. The SMILES string of the molecule is CNCc1cc(C)nc(Cl)c1. The molecule has 0 radical (unpaired) electrons. The van der Waals surface area contributed by atoms with Crippen molar-refractivity contribution in [1.82, 2.24) is 10.3 Å². The zero-order chi connectivity index (χ0) is 8.27. The fourth-order valence-electron chi connectivity index (χ4n) is 1.00. The molecule has 1 N–H and O–H groups in total. The number of nitrogens with one attached hydrogen (secondary N) is 1. The molecule has 0 unspecified atom stereocenters. The molecule has 0 spiro atoms. The molecule has 1 aromatic heterocycles. The summed E-state index contributed by atoms with van der Waals surface area (Å²) in [6, 6.07) is 3.88. The average Bonchev–Trinajstić information content (AvgIpc) is 1.85. The fraction of sp³-hybridized carbons (Fsp3) is 0.375. The lowest BCUT2D eigenvalue weighted by Crippen LogP contribution is -2.05. The number of aryl methyl sites for hydroxylation is 1. The standard InChI is InChI=1S/C8H11ClN2/c1-6-3-7(5-10-2)4-8(9)11-6/h3-4,10H,5H2,1-2H3. The molecule has 3 heteroatoms. The Balaban J connectivity index is 2.89. The first-order chi connectivity index (χ1) is 5.22. The van der Waals surface area contributed by atoms with Gasteiger partial charge in [0.25, 0.3) is 0 Å². The van der Waals surface area contributed by atoms with Gasteiger partial charge in [0, 0.05) is 12.2 Å². The maximum Gasteiger partial charge on any atom is 0.129 e. The average molecular weight is 171 g/mol. The van der Waals surface area contributed by atoms with E-state index in [9.17, 15) is 0 Å². The van der Waals surface area contributed by atoms with Gasteiger partial charge in [-0.3, -0.25) is 0 Å². The second-order valence-electron chi connectivity index (χ2n) is 2.47. The molecule has 1 aromatic rings. The van der Waals surface area contributed by atoms with Crippen molar-refractivity contribution < 1.29 is 0 Å². The van der Waals surface area contributed by atoms with Crippen molar-refractivity contribution in [3.63, 3.8) is 0 Å². The Labute approximate surface area is 71.6 Å². The molecule has 0 aliphatic heterocycles. The third kappa shape index (κ3) is 2.48. The predicted molar refractivity (Wildman–Crippen MR) is 46.7 cm³/mol. The van der Waals surface area contributed by atoms with E-state index >= 15 is 0 Å². The lowest BCUT2D eigenvalue weighted by Gasteiger charge is -2.01. The minimum Gasteiger partial charge on any atom is -0.316 e. The Kier molecular flexibility index (Phi) is 2.85. The summed E-state index contributed by atoms with van der Waals surface area (Å²) >= 11 is 5.75. The van der Waals surface area contributed by atoms with Gasteiger partial charge in [0.15, 0.2) is 0 Å². The molecule has 1 heterocycles. The highest BCUT2D eigenvalue weighted by Gasteiger charge is 1.95. The molecular formula is C8H11ClN2. The van der Waals surface area contributed by atoms with E-state index in [1.54, 1.807) is 0 Å². The molecule has 2 nitrogen and oxygen atoms in total. The summed E-state index contributed by atoms with van der Waals surface area (Å²) in [4.78, 5) is 4.05. The molecule has 0 aromatic carbocycles. The van der Waals surface area contributed by atoms with Crippen LogP contribution in [0.1, 0.15) is 11.3 Å². The smallest absolute Gasteiger partial charge is 0.129 e. The van der Waals surface area contributed by atoms with Crippen LogP contribution in [0.3, 0.4) is 0 Å². The van der Waals surface area contributed by atoms with Gasteiger partial charge in [0.05, 0.1) is 0 Å². The van der Waals surface area contributed by atoms with Gasteiger partial charge in [-0.15, -0.1) is 0 Å². The summed E-state index contributed by atoms with van der Waals surface area (Å²) in [6.07, 6.45) is 0. The Morgan fingerprint density at radius 3 is 2.82 bits per heavy atom. The second kappa shape index (κ2) is 3.69. The van der Waals surface area contributed by atoms with Crippen LogP contribution in [0.4, 0.5) is 0 Å². The monoisotopic (exact) mass is 170 g/mol. The number of rotatable bonds is 2. The highest BCUT2D eigenvalue weighted by molar-refractivity contribution is 6.29. The third-order valence-corrected chi connectivity index (χ3v) is 1.56. The first-order valence-electron chi connectivity index (χ1n) is 3.50. The zero-order valence-electron chi connectivity index (χ0n) is 6.69. The molecule has 0 aliphatic rings. The molecule has 0 amide bonds. The maximum absolute atomic E-state index is 5.75. The van der Waals surface area contributed by atoms with Crippen molar-refractivity contribution in [3.05, 3.63) is 28.5 Å². The van der Waals surface area contributed by atoms with Crippen LogP contribution in [0, 0.1) is 6.92 Å². The van der Waals surface area contributed by atoms with Crippen molar-refractivity contribution in [2.75, 3.05) is 7.05 Å². The van der Waals surface area contributed by atoms with Gasteiger partial charge in [-0.1, -0.05) is 11.6 Å². The van der Waals surface area contributed by atoms with E-state index in [1.165, 1.54) is 5.56 Å². The van der Waals surface area contributed by atoms with Crippen LogP contribution in [0.15, 0.2) is 12.1 Å². The van der Waals surface area contributed by atoms with Crippen molar-refractivity contribution in [3.8, 4) is 0 Å². The van der Waals surface area contributed by atoms with Crippen LogP contribution < -0.4 is 5.32 Å². The van der Waals surface area contributed by atoms with Crippen LogP contribution in [-0.2, 0) is 6.54 Å². The molecule has 0 aliphatic carbocycles. The molecule has 0 saturated heterocycles. The Morgan fingerprint density at radius 1 is 1.55 bits per heavy atom. The van der Waals surface area contributed by atoms with Crippen LogP contribution in [0.25, 0.3) is 0 Å². The number of nitrogens with zero attached hydrogens (tertiary/aromatic N) is 1. The molecule has 11 heavy (non-hydrogen) atoms. The molecule has 0 bridgehead atoms.